The molecule has 1 aliphatic heterocycles. The summed E-state index contributed by atoms with van der Waals surface area (Å²) in [5.41, 5.74) is 2.85. The molecule has 6 atom stereocenters. The summed E-state index contributed by atoms with van der Waals surface area (Å²) in [4.78, 5) is 28.9. The van der Waals surface area contributed by atoms with E-state index in [9.17, 15) is 19.3 Å². The van der Waals surface area contributed by atoms with Crippen LogP contribution < -0.4 is 4.90 Å². The maximum absolute atomic E-state index is 12.6. The average Bonchev–Trinajstić information content (AvgIpc) is 3.57. The van der Waals surface area contributed by atoms with E-state index >= 15 is 0 Å². The number of aryl methyl sites for hydroxylation is 1. The highest BCUT2D eigenvalue weighted by Gasteiger charge is 2.47. The van der Waals surface area contributed by atoms with Crippen molar-refractivity contribution in [3.63, 3.8) is 0 Å². The zero-order chi connectivity index (χ0) is 28.1. The normalized spacial score (nSPS) is 26.6. The number of aromatic nitrogens is 5. The van der Waals surface area contributed by atoms with Crippen LogP contribution in [0.2, 0.25) is 5.28 Å². The third kappa shape index (κ3) is 5.62. The fraction of sp³-hybridized carbons (Fsp3) is 0.524. The van der Waals surface area contributed by atoms with E-state index in [1.807, 2.05) is 24.1 Å². The van der Waals surface area contributed by atoms with Gasteiger partial charge in [0.2, 0.25) is 5.28 Å². The Morgan fingerprint density at radius 2 is 1.95 bits per heavy atom. The summed E-state index contributed by atoms with van der Waals surface area (Å²) in [6, 6.07) is 8.14. The van der Waals surface area contributed by atoms with Crippen molar-refractivity contribution in [2.75, 3.05) is 31.6 Å². The van der Waals surface area contributed by atoms with Crippen LogP contribution in [0.4, 0.5) is 5.82 Å². The third-order valence-electron chi connectivity index (χ3n) is 6.83. The minimum absolute atomic E-state index is 0.0156. The minimum Gasteiger partial charge on any atom is -0.387 e. The molecule has 0 bridgehead atoms. The van der Waals surface area contributed by atoms with Gasteiger partial charge in [-0.15, -0.1) is 5.10 Å². The zero-order valence-electron chi connectivity index (χ0n) is 20.8. The van der Waals surface area contributed by atoms with Gasteiger partial charge in [-0.3, -0.25) is 9.13 Å². The molecule has 0 amide bonds. The summed E-state index contributed by atoms with van der Waals surface area (Å²) < 4.78 is 40.5. The molecule has 0 spiro atoms. The molecule has 1 aromatic carbocycles. The van der Waals surface area contributed by atoms with Gasteiger partial charge in [-0.05, 0) is 35.6 Å². The fourth-order valence-electron chi connectivity index (χ4n) is 4.92. The van der Waals surface area contributed by atoms with Gasteiger partial charge >= 0.3 is 15.2 Å². The van der Waals surface area contributed by atoms with E-state index in [0.717, 1.165) is 24.6 Å². The zero-order valence-corrected chi connectivity index (χ0v) is 23.4. The van der Waals surface area contributed by atoms with E-state index in [4.69, 9.17) is 30.6 Å². The van der Waals surface area contributed by atoms with Gasteiger partial charge in [-0.25, -0.2) is 0 Å². The molecule has 1 aliphatic carbocycles. The van der Waals surface area contributed by atoms with Gasteiger partial charge < -0.3 is 38.7 Å². The van der Waals surface area contributed by atoms with E-state index in [0.29, 0.717) is 11.3 Å². The number of hydrogen-bond donors (Lipinski definition) is 4. The molecular weight excluding hydrogens is 578 g/mol. The predicted octanol–water partition coefficient (Wildman–Crippen LogP) is 1.61. The molecule has 15 nitrogen and oxygen atoms in total. The maximum Gasteiger partial charge on any atom is 0.342 e. The summed E-state index contributed by atoms with van der Waals surface area (Å²) in [5.74, 6) is -0.736. The monoisotopic (exact) mass is 604 g/mol. The van der Waals surface area contributed by atoms with Crippen molar-refractivity contribution in [3.8, 4) is 0 Å². The highest BCUT2D eigenvalue weighted by atomic mass is 35.5. The molecule has 3 heterocycles. The summed E-state index contributed by atoms with van der Waals surface area (Å²) >= 11 is 6.27. The van der Waals surface area contributed by atoms with Gasteiger partial charge in [0, 0.05) is 14.2 Å². The lowest BCUT2D eigenvalue weighted by atomic mass is 10.1. The number of rotatable bonds is 9. The van der Waals surface area contributed by atoms with Gasteiger partial charge in [0.1, 0.15) is 18.3 Å². The van der Waals surface area contributed by atoms with Crippen LogP contribution in [0, 0.1) is 0 Å². The van der Waals surface area contributed by atoms with Crippen LogP contribution in [-0.4, -0.2) is 89.9 Å². The summed E-state index contributed by atoms with van der Waals surface area (Å²) in [7, 11) is -6.10. The quantitative estimate of drug-likeness (QED) is 0.202. The first-order valence-corrected chi connectivity index (χ1v) is 15.8. The highest BCUT2D eigenvalue weighted by Crippen LogP contribution is 2.58. The lowest BCUT2D eigenvalue weighted by Crippen LogP contribution is -2.34. The molecule has 2 aliphatic rings. The average molecular weight is 605 g/mol. The number of aliphatic hydroxyl groups is 2. The van der Waals surface area contributed by atoms with Gasteiger partial charge in [0.25, 0.3) is 0 Å². The topological polar surface area (TPSA) is 202 Å². The van der Waals surface area contributed by atoms with Crippen LogP contribution in [0.5, 0.6) is 0 Å². The van der Waals surface area contributed by atoms with Crippen molar-refractivity contribution in [3.05, 3.63) is 40.7 Å². The standard InChI is InChI=1S/C21H27ClN6O9P2/c1-27(13-8-7-11-5-3-4-6-12(11)13)18-15-19(24-21(22)23-18)28(26-25-15)20-17(30)16(29)14(37-20)9-36-39(34,35-2)10-38(31,32)33/h3-6,13-14,16-17,20,29-30H,7-10H2,1-2H3,(H2,31,32,33)/t13?,14-,16-,17-,20-,39?/m1/s1. The first kappa shape index (κ1) is 28.5. The second kappa shape index (κ2) is 10.7. The summed E-state index contributed by atoms with van der Waals surface area (Å²) in [6.45, 7) is -0.600. The number of nitrogens with zero attached hydrogens (tertiary/aromatic N) is 6. The molecule has 5 rings (SSSR count). The largest absolute Gasteiger partial charge is 0.387 e. The Morgan fingerprint density at radius 1 is 1.21 bits per heavy atom. The SMILES string of the molecule is COP(=O)(CP(=O)(O)O)OC[C@H]1O[C@@H](n2nnc3c(N(C)C4CCc5ccccc54)nc(Cl)nc32)[C@H](O)[C@@H]1O. The van der Waals surface area contributed by atoms with Gasteiger partial charge in [0.15, 0.2) is 29.1 Å². The van der Waals surface area contributed by atoms with Gasteiger partial charge in [-0.1, -0.05) is 29.5 Å². The van der Waals surface area contributed by atoms with Crippen LogP contribution in [0.3, 0.4) is 0 Å². The number of hydrogen-bond acceptors (Lipinski definition) is 12. The Labute approximate surface area is 227 Å². The Kier molecular flexibility index (Phi) is 7.85. The second-order valence-electron chi connectivity index (χ2n) is 9.33. The second-order valence-corrected chi connectivity index (χ2v) is 14.0. The Balaban J connectivity index is 1.40. The van der Waals surface area contributed by atoms with E-state index in [-0.39, 0.29) is 17.0 Å². The number of fused-ring (bicyclic) bond motifs is 2. The fourth-order valence-corrected chi connectivity index (χ4v) is 8.16. The lowest BCUT2D eigenvalue weighted by molar-refractivity contribution is -0.0552. The number of aliphatic hydroxyl groups excluding tert-OH is 2. The molecule has 18 heteroatoms. The van der Waals surface area contributed by atoms with Crippen LogP contribution in [0.25, 0.3) is 11.2 Å². The van der Waals surface area contributed by atoms with Crippen molar-refractivity contribution < 1.29 is 42.9 Å². The first-order valence-electron chi connectivity index (χ1n) is 11.9. The van der Waals surface area contributed by atoms with Crippen molar-refractivity contribution >= 4 is 43.8 Å². The highest BCUT2D eigenvalue weighted by molar-refractivity contribution is 7.70. The summed E-state index contributed by atoms with van der Waals surface area (Å²) in [6.07, 6.45) is -3.85. The molecule has 0 saturated carbocycles. The van der Waals surface area contributed by atoms with Crippen LogP contribution >= 0.6 is 26.8 Å². The van der Waals surface area contributed by atoms with Crippen LogP contribution in [0.15, 0.2) is 24.3 Å². The van der Waals surface area contributed by atoms with Crippen LogP contribution in [-0.2, 0) is 29.3 Å². The molecule has 3 aromatic rings. The molecule has 1 fully saturated rings. The van der Waals surface area contributed by atoms with Crippen LogP contribution in [0.1, 0.15) is 29.8 Å². The number of halogens is 1. The molecule has 1 saturated heterocycles. The van der Waals surface area contributed by atoms with Crippen molar-refractivity contribution in [2.24, 2.45) is 0 Å². The maximum atomic E-state index is 12.6. The molecule has 2 unspecified atom stereocenters. The summed E-state index contributed by atoms with van der Waals surface area (Å²) in [5, 5.41) is 29.5. The number of anilines is 1. The van der Waals surface area contributed by atoms with Crippen molar-refractivity contribution in [1.82, 2.24) is 25.0 Å². The van der Waals surface area contributed by atoms with E-state index < -0.39 is 52.2 Å². The smallest absolute Gasteiger partial charge is 0.342 e. The lowest BCUT2D eigenvalue weighted by Gasteiger charge is -2.26. The number of benzene rings is 1. The molecule has 212 valence electrons. The first-order chi connectivity index (χ1) is 18.4. The molecule has 0 radical (unpaired) electrons. The Bertz CT molecular complexity index is 1470. The molecule has 2 aromatic heterocycles. The van der Waals surface area contributed by atoms with E-state index in [1.165, 1.54) is 11.1 Å². The predicted molar refractivity (Wildman–Crippen MR) is 137 cm³/mol. The Morgan fingerprint density at radius 3 is 2.67 bits per heavy atom. The van der Waals surface area contributed by atoms with Crippen molar-refractivity contribution in [1.29, 1.82) is 0 Å². The van der Waals surface area contributed by atoms with E-state index in [1.54, 1.807) is 0 Å². The van der Waals surface area contributed by atoms with Gasteiger partial charge in [-0.2, -0.15) is 14.6 Å². The number of ether oxygens (including phenoxy) is 1. The molecule has 4 N–H and O–H groups in total. The third-order valence-corrected chi connectivity index (χ3v) is 11.0. The van der Waals surface area contributed by atoms with Crippen molar-refractivity contribution in [2.45, 2.75) is 43.4 Å². The van der Waals surface area contributed by atoms with Gasteiger partial charge in [0.05, 0.1) is 12.6 Å². The Hall–Kier alpha value is -2.03. The van der Waals surface area contributed by atoms with E-state index in [2.05, 4.69) is 36.9 Å². The minimum atomic E-state index is -4.73. The molecule has 39 heavy (non-hydrogen) atoms. The molecular formula is C21H27ClN6O9P2.